The van der Waals surface area contributed by atoms with Crippen molar-refractivity contribution in [3.8, 4) is 5.75 Å². The Labute approximate surface area is 160 Å². The van der Waals surface area contributed by atoms with E-state index < -0.39 is 5.72 Å². The number of hydrogen-bond donors (Lipinski definition) is 2. The highest BCUT2D eigenvalue weighted by Crippen LogP contribution is 2.58. The molecular formula is C21H28N2O4. The van der Waals surface area contributed by atoms with Crippen LogP contribution in [-0.2, 0) is 9.53 Å². The quantitative estimate of drug-likeness (QED) is 0.779. The van der Waals surface area contributed by atoms with Gasteiger partial charge in [-0.15, -0.1) is 0 Å². The smallest absolute Gasteiger partial charge is 0.258 e. The molecule has 0 saturated heterocycles. The van der Waals surface area contributed by atoms with E-state index in [0.29, 0.717) is 30.9 Å². The Bertz CT molecular complexity index is 751. The average molecular weight is 372 g/mol. The molecule has 4 aliphatic rings. The Morgan fingerprint density at radius 1 is 1.41 bits per heavy atom. The van der Waals surface area contributed by atoms with E-state index in [2.05, 4.69) is 17.6 Å². The monoisotopic (exact) mass is 372 g/mol. The van der Waals surface area contributed by atoms with Crippen molar-refractivity contribution in [3.63, 3.8) is 0 Å². The molecule has 0 radical (unpaired) electrons. The van der Waals surface area contributed by atoms with E-state index >= 15 is 0 Å². The van der Waals surface area contributed by atoms with Gasteiger partial charge in [0, 0.05) is 38.5 Å². The third-order valence-electron chi connectivity index (χ3n) is 6.64. The maximum Gasteiger partial charge on any atom is 0.258 e. The summed E-state index contributed by atoms with van der Waals surface area (Å²) in [5, 5.41) is 6.22. The fourth-order valence-electron chi connectivity index (χ4n) is 5.21. The number of rotatable bonds is 5. The van der Waals surface area contributed by atoms with Gasteiger partial charge in [-0.05, 0) is 43.2 Å². The van der Waals surface area contributed by atoms with Crippen molar-refractivity contribution in [3.05, 3.63) is 29.8 Å². The number of ether oxygens (including phenoxy) is 2. The molecule has 4 atom stereocenters. The van der Waals surface area contributed by atoms with Crippen molar-refractivity contribution in [1.29, 1.82) is 0 Å². The number of carbonyl (C=O) groups excluding carboxylic acids is 2. The van der Waals surface area contributed by atoms with E-state index in [-0.39, 0.29) is 29.1 Å². The molecule has 2 N–H and O–H groups in total. The van der Waals surface area contributed by atoms with Crippen LogP contribution in [0.2, 0.25) is 0 Å². The molecule has 6 nitrogen and oxygen atoms in total. The molecule has 2 bridgehead atoms. The number of methoxy groups -OCH3 is 1. The predicted octanol–water partition coefficient (Wildman–Crippen LogP) is 2.48. The van der Waals surface area contributed by atoms with Crippen LogP contribution in [0, 0.1) is 17.3 Å². The van der Waals surface area contributed by atoms with E-state index in [1.54, 1.807) is 13.2 Å². The van der Waals surface area contributed by atoms with Gasteiger partial charge in [-0.3, -0.25) is 9.59 Å². The number of fused-ring (bicyclic) bond motifs is 3. The largest absolute Gasteiger partial charge is 0.467 e. The van der Waals surface area contributed by atoms with Gasteiger partial charge in [0.15, 0.2) is 5.72 Å². The minimum absolute atomic E-state index is 0.0397. The van der Waals surface area contributed by atoms with Crippen LogP contribution < -0.4 is 15.4 Å². The average Bonchev–Trinajstić information content (AvgIpc) is 2.64. The number of amides is 2. The van der Waals surface area contributed by atoms with Crippen LogP contribution in [-0.4, -0.2) is 37.8 Å². The Kier molecular flexibility index (Phi) is 4.62. The molecule has 0 aromatic heterocycles. The SMILES string of the molecule is COCCCNC(=O)[C@H]1C[C@H]2CC[C@@]1(C)C[C@@]21NC(=O)c2ccccc2O1. The first-order chi connectivity index (χ1) is 13.0. The number of para-hydroxylation sites is 1. The first-order valence-corrected chi connectivity index (χ1v) is 9.85. The zero-order chi connectivity index (χ0) is 19.1. The standard InChI is InChI=1S/C21H28N2O4/c1-20-9-8-14(12-16(20)19(25)22-10-5-11-26-2)21(13-20)23-18(24)15-6-3-4-7-17(15)27-21/h3-4,6-7,14,16H,5,8-13H2,1-2H3,(H,22,25)(H,23,24)/t14-,16-,20+,21+/m1/s1. The maximum atomic E-state index is 12.8. The van der Waals surface area contributed by atoms with Crippen molar-refractivity contribution < 1.29 is 19.1 Å². The molecule has 1 aromatic rings. The Morgan fingerprint density at radius 2 is 2.22 bits per heavy atom. The van der Waals surface area contributed by atoms with Crippen LogP contribution in [0.4, 0.5) is 0 Å². The van der Waals surface area contributed by atoms with E-state index in [4.69, 9.17) is 9.47 Å². The van der Waals surface area contributed by atoms with Crippen molar-refractivity contribution >= 4 is 11.8 Å². The fourth-order valence-corrected chi connectivity index (χ4v) is 5.21. The molecule has 3 fully saturated rings. The van der Waals surface area contributed by atoms with Crippen LogP contribution in [0.1, 0.15) is 49.4 Å². The molecule has 6 heteroatoms. The molecular weight excluding hydrogens is 344 g/mol. The second kappa shape index (κ2) is 6.82. The third kappa shape index (κ3) is 3.10. The predicted molar refractivity (Wildman–Crippen MR) is 100 cm³/mol. The molecule has 1 spiro atoms. The van der Waals surface area contributed by atoms with Crippen LogP contribution in [0.3, 0.4) is 0 Å². The van der Waals surface area contributed by atoms with Crippen molar-refractivity contribution in [1.82, 2.24) is 10.6 Å². The van der Waals surface area contributed by atoms with Gasteiger partial charge >= 0.3 is 0 Å². The van der Waals surface area contributed by atoms with Crippen LogP contribution in [0.25, 0.3) is 0 Å². The molecule has 2 amide bonds. The summed E-state index contributed by atoms with van der Waals surface area (Å²) in [4.78, 5) is 25.5. The summed E-state index contributed by atoms with van der Waals surface area (Å²) in [6.45, 7) is 3.45. The second-order valence-corrected chi connectivity index (χ2v) is 8.43. The van der Waals surface area contributed by atoms with Crippen LogP contribution >= 0.6 is 0 Å². The Morgan fingerprint density at radius 3 is 3.00 bits per heavy atom. The number of hydrogen-bond acceptors (Lipinski definition) is 4. The molecule has 1 aromatic carbocycles. The lowest BCUT2D eigenvalue weighted by atomic mass is 9.52. The van der Waals surface area contributed by atoms with Gasteiger partial charge < -0.3 is 20.1 Å². The molecule has 3 aliphatic carbocycles. The molecule has 1 heterocycles. The highest BCUT2D eigenvalue weighted by atomic mass is 16.5. The molecule has 3 saturated carbocycles. The minimum Gasteiger partial charge on any atom is -0.467 e. The molecule has 27 heavy (non-hydrogen) atoms. The van der Waals surface area contributed by atoms with Gasteiger partial charge in [0.1, 0.15) is 5.75 Å². The van der Waals surface area contributed by atoms with Gasteiger partial charge in [-0.2, -0.15) is 0 Å². The number of carbonyl (C=O) groups is 2. The maximum absolute atomic E-state index is 12.8. The summed E-state index contributed by atoms with van der Waals surface area (Å²) in [5.41, 5.74) is -0.285. The lowest BCUT2D eigenvalue weighted by molar-refractivity contribution is -0.167. The summed E-state index contributed by atoms with van der Waals surface area (Å²) in [7, 11) is 1.67. The lowest BCUT2D eigenvalue weighted by Crippen LogP contribution is -2.69. The van der Waals surface area contributed by atoms with E-state index in [1.807, 2.05) is 18.2 Å². The first kappa shape index (κ1) is 18.3. The fraction of sp³-hybridized carbons (Fsp3) is 0.619. The zero-order valence-corrected chi connectivity index (χ0v) is 16.0. The molecule has 146 valence electrons. The second-order valence-electron chi connectivity index (χ2n) is 8.43. The Balaban J connectivity index is 1.51. The molecule has 0 unspecified atom stereocenters. The van der Waals surface area contributed by atoms with Crippen LogP contribution in [0.15, 0.2) is 24.3 Å². The summed E-state index contributed by atoms with van der Waals surface area (Å²) in [5.74, 6) is 0.802. The number of nitrogens with one attached hydrogen (secondary N) is 2. The topological polar surface area (TPSA) is 76.7 Å². The van der Waals surface area contributed by atoms with Gasteiger partial charge in [0.05, 0.1) is 5.56 Å². The summed E-state index contributed by atoms with van der Waals surface area (Å²) < 4.78 is 11.4. The highest BCUT2D eigenvalue weighted by Gasteiger charge is 2.61. The van der Waals surface area contributed by atoms with Gasteiger partial charge in [0.2, 0.25) is 5.91 Å². The van der Waals surface area contributed by atoms with Gasteiger partial charge in [-0.25, -0.2) is 0 Å². The van der Waals surface area contributed by atoms with Crippen molar-refractivity contribution in [2.45, 2.75) is 44.8 Å². The summed E-state index contributed by atoms with van der Waals surface area (Å²) in [6.07, 6.45) is 4.17. The molecule has 1 aliphatic heterocycles. The summed E-state index contributed by atoms with van der Waals surface area (Å²) >= 11 is 0. The summed E-state index contributed by atoms with van der Waals surface area (Å²) in [6, 6.07) is 7.39. The van der Waals surface area contributed by atoms with Crippen LogP contribution in [0.5, 0.6) is 5.75 Å². The lowest BCUT2D eigenvalue weighted by Gasteiger charge is -2.59. The Hall–Kier alpha value is -2.08. The zero-order valence-electron chi connectivity index (χ0n) is 16.0. The van der Waals surface area contributed by atoms with E-state index in [9.17, 15) is 9.59 Å². The first-order valence-electron chi connectivity index (χ1n) is 9.85. The normalized spacial score (nSPS) is 33.9. The van der Waals surface area contributed by atoms with Gasteiger partial charge in [-0.1, -0.05) is 19.1 Å². The van der Waals surface area contributed by atoms with E-state index in [1.165, 1.54) is 0 Å². The minimum atomic E-state index is -0.689. The number of benzene rings is 1. The third-order valence-corrected chi connectivity index (χ3v) is 6.64. The molecule has 5 rings (SSSR count). The highest BCUT2D eigenvalue weighted by molar-refractivity contribution is 5.98. The van der Waals surface area contributed by atoms with Gasteiger partial charge in [0.25, 0.3) is 5.91 Å². The van der Waals surface area contributed by atoms with Crippen molar-refractivity contribution in [2.75, 3.05) is 20.3 Å². The van der Waals surface area contributed by atoms with E-state index in [0.717, 1.165) is 25.7 Å². The van der Waals surface area contributed by atoms with Crippen molar-refractivity contribution in [2.24, 2.45) is 17.3 Å².